The van der Waals surface area contributed by atoms with E-state index in [-0.39, 0.29) is 18.4 Å². The van der Waals surface area contributed by atoms with Gasteiger partial charge in [0.05, 0.1) is 31.0 Å². The normalized spacial score (nSPS) is 12.7. The SMILES string of the molecule is CCOC(=O)C1(c2cc(Br)ccn2)CC1.CCOC(=O)Cc1cc(Br)ccn1.Cc1cc(Br)ccn1. The number of ether oxygens (including phenoxy) is 2. The second-order valence-corrected chi connectivity index (χ2v) is 10.5. The van der Waals surface area contributed by atoms with Crippen LogP contribution < -0.4 is 0 Å². The molecule has 0 N–H and O–H groups in total. The number of hydrogen-bond acceptors (Lipinski definition) is 7. The fourth-order valence-electron chi connectivity index (χ4n) is 3.04. The van der Waals surface area contributed by atoms with Gasteiger partial charge < -0.3 is 9.47 Å². The van der Waals surface area contributed by atoms with Crippen molar-refractivity contribution in [3.63, 3.8) is 0 Å². The smallest absolute Gasteiger partial charge is 0.318 e. The molecule has 0 saturated heterocycles. The summed E-state index contributed by atoms with van der Waals surface area (Å²) in [5.41, 5.74) is 2.11. The standard InChI is InChI=1S/C11H12BrNO2.C9H10BrNO2.C6H6BrN/c1-2-15-10(14)11(4-5-11)9-7-8(12)3-6-13-9;1-2-13-9(12)6-8-5-7(10)3-4-11-8;1-5-4-6(7)2-3-8-5/h3,6-7H,2,4-5H2,1H3;3-5H,2,6H2,1H3;2-4H,1H3. The second kappa shape index (κ2) is 15.2. The van der Waals surface area contributed by atoms with E-state index >= 15 is 0 Å². The van der Waals surface area contributed by atoms with E-state index in [2.05, 4.69) is 62.7 Å². The first-order valence-corrected chi connectivity index (χ1v) is 13.7. The maximum atomic E-state index is 11.8. The molecule has 0 unspecified atom stereocenters. The molecule has 0 amide bonds. The van der Waals surface area contributed by atoms with Crippen LogP contribution in [0.2, 0.25) is 0 Å². The maximum Gasteiger partial charge on any atom is 0.318 e. The van der Waals surface area contributed by atoms with Gasteiger partial charge in [0.2, 0.25) is 0 Å². The highest BCUT2D eigenvalue weighted by atomic mass is 79.9. The van der Waals surface area contributed by atoms with Crippen LogP contribution in [0.25, 0.3) is 0 Å². The molecule has 4 rings (SSSR count). The highest BCUT2D eigenvalue weighted by Gasteiger charge is 2.54. The van der Waals surface area contributed by atoms with Crippen LogP contribution in [0.3, 0.4) is 0 Å². The Bertz CT molecular complexity index is 1140. The topological polar surface area (TPSA) is 91.3 Å². The van der Waals surface area contributed by atoms with Gasteiger partial charge in [-0.3, -0.25) is 24.5 Å². The molecule has 1 fully saturated rings. The quantitative estimate of drug-likeness (QED) is 0.272. The Hall–Kier alpha value is -2.17. The van der Waals surface area contributed by atoms with Crippen molar-refractivity contribution in [1.29, 1.82) is 0 Å². The van der Waals surface area contributed by atoms with E-state index in [9.17, 15) is 9.59 Å². The molecular weight excluding hydrogens is 658 g/mol. The predicted molar refractivity (Wildman–Crippen MR) is 148 cm³/mol. The van der Waals surface area contributed by atoms with Gasteiger partial charge in [-0.25, -0.2) is 0 Å². The van der Waals surface area contributed by atoms with Crippen molar-refractivity contribution in [2.24, 2.45) is 0 Å². The molecule has 1 aliphatic rings. The summed E-state index contributed by atoms with van der Waals surface area (Å²) in [5.74, 6) is -0.385. The molecule has 3 aromatic rings. The number of pyridine rings is 3. The molecule has 0 radical (unpaired) electrons. The molecular formula is C26H28Br3N3O4. The van der Waals surface area contributed by atoms with Crippen molar-refractivity contribution in [3.8, 4) is 0 Å². The summed E-state index contributed by atoms with van der Waals surface area (Å²) in [5, 5.41) is 0. The molecule has 0 spiro atoms. The van der Waals surface area contributed by atoms with Crippen LogP contribution in [0.5, 0.6) is 0 Å². The van der Waals surface area contributed by atoms with E-state index in [1.807, 2.05) is 44.2 Å². The number of esters is 2. The third-order valence-corrected chi connectivity index (χ3v) is 6.38. The zero-order valence-corrected chi connectivity index (χ0v) is 25.1. The predicted octanol–water partition coefficient (Wildman–Crippen LogP) is 6.54. The number of aromatic nitrogens is 3. The highest BCUT2D eigenvalue weighted by Crippen LogP contribution is 2.48. The minimum Gasteiger partial charge on any atom is -0.466 e. The molecule has 192 valence electrons. The molecule has 36 heavy (non-hydrogen) atoms. The third kappa shape index (κ3) is 10.1. The summed E-state index contributed by atoms with van der Waals surface area (Å²) >= 11 is 10.00. The van der Waals surface area contributed by atoms with Crippen LogP contribution in [0.15, 0.2) is 68.4 Å². The van der Waals surface area contributed by atoms with Gasteiger partial charge in [-0.05, 0) is 70.0 Å². The van der Waals surface area contributed by atoms with Crippen LogP contribution in [0, 0.1) is 6.92 Å². The lowest BCUT2D eigenvalue weighted by Gasteiger charge is -2.12. The first-order chi connectivity index (χ1) is 17.2. The molecule has 0 bridgehead atoms. The molecule has 7 nitrogen and oxygen atoms in total. The van der Waals surface area contributed by atoms with Crippen molar-refractivity contribution in [2.75, 3.05) is 13.2 Å². The van der Waals surface area contributed by atoms with E-state index in [1.54, 1.807) is 31.6 Å². The Labute approximate surface area is 236 Å². The lowest BCUT2D eigenvalue weighted by atomic mass is 10.0. The Morgan fingerprint density at radius 3 is 1.86 bits per heavy atom. The minimum atomic E-state index is -0.459. The molecule has 3 heterocycles. The van der Waals surface area contributed by atoms with Crippen molar-refractivity contribution >= 4 is 59.7 Å². The molecule has 0 aliphatic heterocycles. The van der Waals surface area contributed by atoms with Crippen LogP contribution in [0.1, 0.15) is 43.8 Å². The number of carbonyl (C=O) groups excluding carboxylic acids is 2. The summed E-state index contributed by atoms with van der Waals surface area (Å²) in [6.07, 6.45) is 7.05. The molecule has 1 aliphatic carbocycles. The van der Waals surface area contributed by atoms with Gasteiger partial charge in [-0.15, -0.1) is 0 Å². The van der Waals surface area contributed by atoms with Gasteiger partial charge in [-0.2, -0.15) is 0 Å². The minimum absolute atomic E-state index is 0.143. The zero-order chi connectivity index (χ0) is 26.6. The second-order valence-electron chi connectivity index (χ2n) is 7.72. The largest absolute Gasteiger partial charge is 0.466 e. The van der Waals surface area contributed by atoms with Crippen molar-refractivity contribution in [3.05, 3.63) is 85.5 Å². The van der Waals surface area contributed by atoms with E-state index in [4.69, 9.17) is 9.47 Å². The van der Waals surface area contributed by atoms with Crippen LogP contribution >= 0.6 is 47.8 Å². The fourth-order valence-corrected chi connectivity index (χ4v) is 4.21. The summed E-state index contributed by atoms with van der Waals surface area (Å²) < 4.78 is 12.8. The lowest BCUT2D eigenvalue weighted by Crippen LogP contribution is -2.24. The fraction of sp³-hybridized carbons (Fsp3) is 0.346. The van der Waals surface area contributed by atoms with Gasteiger partial charge in [0.15, 0.2) is 0 Å². The number of halogens is 3. The van der Waals surface area contributed by atoms with Gasteiger partial charge >= 0.3 is 11.9 Å². The average Bonchev–Trinajstić information content (AvgIpc) is 3.63. The lowest BCUT2D eigenvalue weighted by molar-refractivity contribution is -0.146. The highest BCUT2D eigenvalue weighted by molar-refractivity contribution is 9.11. The summed E-state index contributed by atoms with van der Waals surface area (Å²) in [6.45, 7) is 6.40. The monoisotopic (exact) mass is 683 g/mol. The van der Waals surface area contributed by atoms with E-state index in [0.29, 0.717) is 18.9 Å². The molecule has 1 saturated carbocycles. The Kier molecular flexibility index (Phi) is 12.7. The number of carbonyl (C=O) groups is 2. The van der Waals surface area contributed by atoms with Crippen molar-refractivity contribution in [1.82, 2.24) is 15.0 Å². The first-order valence-electron chi connectivity index (χ1n) is 11.3. The van der Waals surface area contributed by atoms with Crippen LogP contribution in [0.4, 0.5) is 0 Å². The first kappa shape index (κ1) is 30.1. The number of nitrogens with zero attached hydrogens (tertiary/aromatic N) is 3. The Morgan fingerprint density at radius 1 is 0.833 bits per heavy atom. The molecule has 0 aromatic carbocycles. The molecule has 3 aromatic heterocycles. The number of aryl methyl sites for hydroxylation is 1. The zero-order valence-electron chi connectivity index (χ0n) is 20.3. The van der Waals surface area contributed by atoms with Crippen molar-refractivity contribution in [2.45, 2.75) is 45.4 Å². The molecule has 10 heteroatoms. The number of hydrogen-bond donors (Lipinski definition) is 0. The van der Waals surface area contributed by atoms with E-state index in [1.165, 1.54) is 0 Å². The van der Waals surface area contributed by atoms with Crippen LogP contribution in [-0.2, 0) is 30.9 Å². The number of rotatable bonds is 6. The van der Waals surface area contributed by atoms with Gasteiger partial charge in [0.1, 0.15) is 5.41 Å². The third-order valence-electron chi connectivity index (χ3n) is 4.90. The molecule has 0 atom stereocenters. The van der Waals surface area contributed by atoms with Crippen molar-refractivity contribution < 1.29 is 19.1 Å². The van der Waals surface area contributed by atoms with Gasteiger partial charge in [0, 0.05) is 37.7 Å². The van der Waals surface area contributed by atoms with E-state index < -0.39 is 5.41 Å². The van der Waals surface area contributed by atoms with Gasteiger partial charge in [-0.1, -0.05) is 47.8 Å². The van der Waals surface area contributed by atoms with E-state index in [0.717, 1.165) is 37.6 Å². The van der Waals surface area contributed by atoms with Crippen LogP contribution in [-0.4, -0.2) is 40.1 Å². The Morgan fingerprint density at radius 2 is 1.39 bits per heavy atom. The average molecular weight is 686 g/mol. The summed E-state index contributed by atoms with van der Waals surface area (Å²) in [7, 11) is 0. The Balaban J connectivity index is 0.000000199. The summed E-state index contributed by atoms with van der Waals surface area (Å²) in [6, 6.07) is 11.2. The maximum absolute atomic E-state index is 11.8. The van der Waals surface area contributed by atoms with Gasteiger partial charge in [0.25, 0.3) is 0 Å². The summed E-state index contributed by atoms with van der Waals surface area (Å²) in [4.78, 5) is 35.1.